The van der Waals surface area contributed by atoms with Gasteiger partial charge in [0.1, 0.15) is 0 Å². The van der Waals surface area contributed by atoms with Gasteiger partial charge in [0.2, 0.25) is 0 Å². The van der Waals surface area contributed by atoms with Crippen LogP contribution in [0.3, 0.4) is 0 Å². The normalized spacial score (nSPS) is 11.0. The van der Waals surface area contributed by atoms with Crippen LogP contribution in [0.2, 0.25) is 0 Å². The molecule has 1 aromatic carbocycles. The van der Waals surface area contributed by atoms with Gasteiger partial charge < -0.3 is 5.11 Å². The van der Waals surface area contributed by atoms with Crippen molar-refractivity contribution >= 4 is 5.97 Å². The van der Waals surface area contributed by atoms with Gasteiger partial charge in [-0.05, 0) is 51.0 Å². The lowest BCUT2D eigenvalue weighted by molar-refractivity contribution is 0.0697. The zero-order valence-electron chi connectivity index (χ0n) is 11.6. The van der Waals surface area contributed by atoms with Gasteiger partial charge in [0.25, 0.3) is 0 Å². The molecule has 0 amide bonds. The Hall–Kier alpha value is -2.10. The number of carboxylic acid groups (broad SMARTS) is 1. The molecular formula is C15H18N2O2. The third kappa shape index (κ3) is 2.52. The average Bonchev–Trinajstić information content (AvgIpc) is 2.71. The molecule has 1 aromatic heterocycles. The van der Waals surface area contributed by atoms with Gasteiger partial charge in [0, 0.05) is 17.8 Å². The van der Waals surface area contributed by atoms with E-state index in [1.54, 1.807) is 12.1 Å². The fraction of sp³-hybridized carbons (Fsp3) is 0.333. The molecule has 1 N–H and O–H groups in total. The van der Waals surface area contributed by atoms with E-state index in [1.165, 1.54) is 0 Å². The minimum atomic E-state index is -0.899. The molecule has 4 heteroatoms. The second-order valence-electron chi connectivity index (χ2n) is 5.04. The van der Waals surface area contributed by atoms with Crippen LogP contribution in [0.15, 0.2) is 24.4 Å². The van der Waals surface area contributed by atoms with Gasteiger partial charge >= 0.3 is 5.97 Å². The SMILES string of the molecule is Cc1cc(C(=O)O)ccc1-c1cn(C(C)C)nc1C. The van der Waals surface area contributed by atoms with E-state index >= 15 is 0 Å². The lowest BCUT2D eigenvalue weighted by Crippen LogP contribution is -2.00. The molecule has 0 aliphatic carbocycles. The number of aromatic nitrogens is 2. The number of hydrogen-bond donors (Lipinski definition) is 1. The molecule has 0 saturated heterocycles. The molecule has 2 rings (SSSR count). The summed E-state index contributed by atoms with van der Waals surface area (Å²) >= 11 is 0. The highest BCUT2D eigenvalue weighted by molar-refractivity contribution is 5.89. The number of hydrogen-bond acceptors (Lipinski definition) is 2. The first kappa shape index (κ1) is 13.3. The highest BCUT2D eigenvalue weighted by Crippen LogP contribution is 2.27. The fourth-order valence-corrected chi connectivity index (χ4v) is 2.11. The molecule has 0 bridgehead atoms. The van der Waals surface area contributed by atoms with Crippen LogP contribution in [-0.2, 0) is 0 Å². The van der Waals surface area contributed by atoms with Gasteiger partial charge in [-0.1, -0.05) is 6.07 Å². The van der Waals surface area contributed by atoms with E-state index < -0.39 is 5.97 Å². The van der Waals surface area contributed by atoms with Gasteiger partial charge in [-0.3, -0.25) is 4.68 Å². The Labute approximate surface area is 112 Å². The van der Waals surface area contributed by atoms with E-state index in [2.05, 4.69) is 18.9 Å². The summed E-state index contributed by atoms with van der Waals surface area (Å²) in [6, 6.07) is 5.50. The predicted molar refractivity (Wildman–Crippen MR) is 74.5 cm³/mol. The lowest BCUT2D eigenvalue weighted by atomic mass is 9.99. The van der Waals surface area contributed by atoms with Crippen molar-refractivity contribution in [1.82, 2.24) is 9.78 Å². The van der Waals surface area contributed by atoms with Crippen LogP contribution < -0.4 is 0 Å². The number of carboxylic acids is 1. The summed E-state index contributed by atoms with van der Waals surface area (Å²) in [5.74, 6) is -0.899. The maximum Gasteiger partial charge on any atom is 0.335 e. The molecule has 0 aliphatic heterocycles. The monoisotopic (exact) mass is 258 g/mol. The van der Waals surface area contributed by atoms with Crippen molar-refractivity contribution in [3.8, 4) is 11.1 Å². The molecule has 0 aliphatic rings. The van der Waals surface area contributed by atoms with E-state index in [4.69, 9.17) is 5.11 Å². The number of nitrogens with zero attached hydrogens (tertiary/aromatic N) is 2. The summed E-state index contributed by atoms with van der Waals surface area (Å²) in [5, 5.41) is 13.5. The Morgan fingerprint density at radius 2 is 1.95 bits per heavy atom. The van der Waals surface area contributed by atoms with E-state index in [0.717, 1.165) is 22.4 Å². The van der Waals surface area contributed by atoms with Gasteiger partial charge in [-0.15, -0.1) is 0 Å². The van der Waals surface area contributed by atoms with E-state index in [0.29, 0.717) is 11.6 Å². The van der Waals surface area contributed by atoms with Crippen molar-refractivity contribution < 1.29 is 9.90 Å². The van der Waals surface area contributed by atoms with Crippen molar-refractivity contribution in [3.05, 3.63) is 41.2 Å². The van der Waals surface area contributed by atoms with Crippen molar-refractivity contribution in [1.29, 1.82) is 0 Å². The first-order chi connectivity index (χ1) is 8.90. The Bertz CT molecular complexity index is 627. The molecule has 4 nitrogen and oxygen atoms in total. The summed E-state index contributed by atoms with van der Waals surface area (Å²) in [4.78, 5) is 10.9. The quantitative estimate of drug-likeness (QED) is 0.917. The van der Waals surface area contributed by atoms with Crippen LogP contribution in [0.5, 0.6) is 0 Å². The highest BCUT2D eigenvalue weighted by Gasteiger charge is 2.12. The van der Waals surface area contributed by atoms with Crippen LogP contribution in [0, 0.1) is 13.8 Å². The molecule has 0 atom stereocenters. The van der Waals surface area contributed by atoms with E-state index in [-0.39, 0.29) is 0 Å². The summed E-state index contributed by atoms with van der Waals surface area (Å²) in [7, 11) is 0. The molecule has 19 heavy (non-hydrogen) atoms. The smallest absolute Gasteiger partial charge is 0.335 e. The second kappa shape index (κ2) is 4.88. The number of aromatic carboxylic acids is 1. The Morgan fingerprint density at radius 1 is 1.26 bits per heavy atom. The van der Waals surface area contributed by atoms with Crippen LogP contribution >= 0.6 is 0 Å². The van der Waals surface area contributed by atoms with Crippen LogP contribution in [-0.4, -0.2) is 20.9 Å². The molecule has 0 spiro atoms. The Kier molecular flexibility index (Phi) is 3.42. The molecular weight excluding hydrogens is 240 g/mol. The molecule has 2 aromatic rings. The van der Waals surface area contributed by atoms with Crippen LogP contribution in [0.25, 0.3) is 11.1 Å². The summed E-state index contributed by atoms with van der Waals surface area (Å²) < 4.78 is 1.93. The maximum atomic E-state index is 10.9. The minimum Gasteiger partial charge on any atom is -0.478 e. The number of benzene rings is 1. The first-order valence-corrected chi connectivity index (χ1v) is 6.30. The minimum absolute atomic E-state index is 0.311. The lowest BCUT2D eigenvalue weighted by Gasteiger charge is -2.06. The molecule has 0 saturated carbocycles. The number of carbonyl (C=O) groups is 1. The maximum absolute atomic E-state index is 10.9. The van der Waals surface area contributed by atoms with E-state index in [1.807, 2.05) is 30.8 Å². The summed E-state index contributed by atoms with van der Waals surface area (Å²) in [5.41, 5.74) is 4.32. The average molecular weight is 258 g/mol. The molecule has 0 radical (unpaired) electrons. The van der Waals surface area contributed by atoms with Crippen LogP contribution in [0.4, 0.5) is 0 Å². The Morgan fingerprint density at radius 3 is 2.42 bits per heavy atom. The van der Waals surface area contributed by atoms with Gasteiger partial charge in [0.05, 0.1) is 11.3 Å². The fourth-order valence-electron chi connectivity index (χ4n) is 2.11. The topological polar surface area (TPSA) is 55.1 Å². The van der Waals surface area contributed by atoms with Gasteiger partial charge in [-0.25, -0.2) is 4.79 Å². The van der Waals surface area contributed by atoms with Crippen LogP contribution in [0.1, 0.15) is 41.5 Å². The first-order valence-electron chi connectivity index (χ1n) is 6.30. The molecule has 1 heterocycles. The molecule has 0 unspecified atom stereocenters. The summed E-state index contributed by atoms with van der Waals surface area (Å²) in [6.07, 6.45) is 2.02. The van der Waals surface area contributed by atoms with E-state index in [9.17, 15) is 4.79 Å². The molecule has 100 valence electrons. The highest BCUT2D eigenvalue weighted by atomic mass is 16.4. The standard InChI is InChI=1S/C15H18N2O2/c1-9(2)17-8-14(11(4)16-17)13-6-5-12(15(18)19)7-10(13)3/h5-9H,1-4H3,(H,18,19). The zero-order valence-corrected chi connectivity index (χ0v) is 11.6. The molecule has 0 fully saturated rings. The summed E-state index contributed by atoms with van der Waals surface area (Å²) in [6.45, 7) is 8.06. The largest absolute Gasteiger partial charge is 0.478 e. The van der Waals surface area contributed by atoms with Crippen molar-refractivity contribution in [2.45, 2.75) is 33.7 Å². The predicted octanol–water partition coefficient (Wildman–Crippen LogP) is 3.45. The third-order valence-corrected chi connectivity index (χ3v) is 3.21. The van der Waals surface area contributed by atoms with Gasteiger partial charge in [0.15, 0.2) is 0 Å². The van der Waals surface area contributed by atoms with Crippen molar-refractivity contribution in [2.24, 2.45) is 0 Å². The van der Waals surface area contributed by atoms with Crippen molar-refractivity contribution in [3.63, 3.8) is 0 Å². The zero-order chi connectivity index (χ0) is 14.2. The Balaban J connectivity index is 2.50. The number of rotatable bonds is 3. The third-order valence-electron chi connectivity index (χ3n) is 3.21. The van der Waals surface area contributed by atoms with Gasteiger partial charge in [-0.2, -0.15) is 5.10 Å². The second-order valence-corrected chi connectivity index (χ2v) is 5.04. The number of aryl methyl sites for hydroxylation is 2. The van der Waals surface area contributed by atoms with Crippen molar-refractivity contribution in [2.75, 3.05) is 0 Å².